The van der Waals surface area contributed by atoms with Crippen molar-refractivity contribution >= 4 is 41.3 Å². The molecule has 140 valence electrons. The van der Waals surface area contributed by atoms with Crippen molar-refractivity contribution in [2.75, 3.05) is 13.1 Å². The minimum Gasteiger partial charge on any atom is -0.361 e. The zero-order valence-electron chi connectivity index (χ0n) is 15.5. The molecule has 0 saturated heterocycles. The fourth-order valence-electron chi connectivity index (χ4n) is 2.54. The number of halogens is 1. The lowest BCUT2D eigenvalue weighted by atomic mass is 10.1. The van der Waals surface area contributed by atoms with Crippen LogP contribution in [0.1, 0.15) is 55.5 Å². The van der Waals surface area contributed by atoms with Gasteiger partial charge in [-0.25, -0.2) is 4.99 Å². The lowest BCUT2D eigenvalue weighted by Crippen LogP contribution is -2.39. The van der Waals surface area contributed by atoms with Crippen LogP contribution < -0.4 is 10.6 Å². The number of hydrogen-bond donors (Lipinski definition) is 2. The molecular weight excluding hydrogens is 447 g/mol. The predicted octanol–water partition coefficient (Wildman–Crippen LogP) is 4.34. The van der Waals surface area contributed by atoms with Gasteiger partial charge in [-0.15, -0.1) is 35.3 Å². The molecular formula is C18H29IN4OS. The SMILES string of the molecule is CCNC(=NCc1c(CC)noc1CC)NCC(C)c1cccs1.I. The van der Waals surface area contributed by atoms with Crippen molar-refractivity contribution in [3.8, 4) is 0 Å². The van der Waals surface area contributed by atoms with Gasteiger partial charge in [-0.05, 0) is 24.8 Å². The molecule has 2 aromatic rings. The Bertz CT molecular complexity index is 618. The average molecular weight is 476 g/mol. The number of nitrogens with one attached hydrogen (secondary N) is 2. The molecule has 0 aliphatic carbocycles. The highest BCUT2D eigenvalue weighted by Gasteiger charge is 2.13. The first-order valence-electron chi connectivity index (χ1n) is 8.71. The smallest absolute Gasteiger partial charge is 0.191 e. The molecule has 0 spiro atoms. The van der Waals surface area contributed by atoms with Crippen molar-refractivity contribution in [1.82, 2.24) is 15.8 Å². The van der Waals surface area contributed by atoms with Gasteiger partial charge in [-0.3, -0.25) is 0 Å². The highest BCUT2D eigenvalue weighted by atomic mass is 127. The van der Waals surface area contributed by atoms with Gasteiger partial charge in [0.05, 0.1) is 12.2 Å². The molecule has 1 atom stereocenters. The summed E-state index contributed by atoms with van der Waals surface area (Å²) in [6.07, 6.45) is 1.71. The molecule has 0 aliphatic rings. The van der Waals surface area contributed by atoms with Crippen LogP contribution in [0.25, 0.3) is 0 Å². The highest BCUT2D eigenvalue weighted by Crippen LogP contribution is 2.20. The summed E-state index contributed by atoms with van der Waals surface area (Å²) in [6.45, 7) is 10.8. The van der Waals surface area contributed by atoms with Gasteiger partial charge < -0.3 is 15.2 Å². The van der Waals surface area contributed by atoms with Crippen molar-refractivity contribution in [2.24, 2.45) is 4.99 Å². The fourth-order valence-corrected chi connectivity index (χ4v) is 3.33. The minimum absolute atomic E-state index is 0. The summed E-state index contributed by atoms with van der Waals surface area (Å²) < 4.78 is 5.42. The maximum Gasteiger partial charge on any atom is 0.191 e. The molecule has 0 amide bonds. The van der Waals surface area contributed by atoms with E-state index < -0.39 is 0 Å². The van der Waals surface area contributed by atoms with Crippen molar-refractivity contribution in [1.29, 1.82) is 0 Å². The first-order chi connectivity index (χ1) is 11.7. The van der Waals surface area contributed by atoms with E-state index in [4.69, 9.17) is 9.52 Å². The first-order valence-corrected chi connectivity index (χ1v) is 9.59. The van der Waals surface area contributed by atoms with Crippen molar-refractivity contribution in [3.05, 3.63) is 39.4 Å². The molecule has 2 rings (SSSR count). The fraction of sp³-hybridized carbons (Fsp3) is 0.556. The van der Waals surface area contributed by atoms with E-state index in [9.17, 15) is 0 Å². The number of aliphatic imine (C=N–C) groups is 1. The summed E-state index contributed by atoms with van der Waals surface area (Å²) in [6, 6.07) is 4.28. The Morgan fingerprint density at radius 1 is 1.28 bits per heavy atom. The van der Waals surface area contributed by atoms with Gasteiger partial charge in [0.15, 0.2) is 5.96 Å². The monoisotopic (exact) mass is 476 g/mol. The van der Waals surface area contributed by atoms with E-state index in [1.54, 1.807) is 11.3 Å². The largest absolute Gasteiger partial charge is 0.361 e. The van der Waals surface area contributed by atoms with Crippen LogP contribution >= 0.6 is 35.3 Å². The van der Waals surface area contributed by atoms with Crippen molar-refractivity contribution in [3.63, 3.8) is 0 Å². The average Bonchev–Trinajstić information content (AvgIpc) is 3.25. The predicted molar refractivity (Wildman–Crippen MR) is 116 cm³/mol. The van der Waals surface area contributed by atoms with Gasteiger partial charge in [-0.2, -0.15) is 0 Å². The van der Waals surface area contributed by atoms with E-state index in [1.165, 1.54) is 4.88 Å². The summed E-state index contributed by atoms with van der Waals surface area (Å²) in [7, 11) is 0. The quantitative estimate of drug-likeness (QED) is 0.338. The molecule has 0 fully saturated rings. The Morgan fingerprint density at radius 2 is 2.08 bits per heavy atom. The van der Waals surface area contributed by atoms with Crippen LogP contribution in [-0.2, 0) is 19.4 Å². The molecule has 0 aliphatic heterocycles. The van der Waals surface area contributed by atoms with Crippen LogP contribution in [0.5, 0.6) is 0 Å². The van der Waals surface area contributed by atoms with Gasteiger partial charge in [0, 0.05) is 35.9 Å². The molecule has 2 heterocycles. The Kier molecular flexibility index (Phi) is 10.1. The van der Waals surface area contributed by atoms with Gasteiger partial charge in [0.25, 0.3) is 0 Å². The van der Waals surface area contributed by atoms with E-state index >= 15 is 0 Å². The molecule has 5 nitrogen and oxygen atoms in total. The number of guanidine groups is 1. The molecule has 1 unspecified atom stereocenters. The molecule has 2 aromatic heterocycles. The number of hydrogen-bond acceptors (Lipinski definition) is 4. The van der Waals surface area contributed by atoms with Crippen LogP contribution in [0.3, 0.4) is 0 Å². The third kappa shape index (κ3) is 6.29. The molecule has 7 heteroatoms. The number of nitrogens with zero attached hydrogens (tertiary/aromatic N) is 2. The Labute approximate surface area is 171 Å². The van der Waals surface area contributed by atoms with E-state index in [0.29, 0.717) is 12.5 Å². The van der Waals surface area contributed by atoms with Gasteiger partial charge >= 0.3 is 0 Å². The lowest BCUT2D eigenvalue weighted by Gasteiger charge is -2.15. The van der Waals surface area contributed by atoms with E-state index in [0.717, 1.165) is 48.9 Å². The lowest BCUT2D eigenvalue weighted by molar-refractivity contribution is 0.380. The molecule has 0 radical (unpaired) electrons. The summed E-state index contributed by atoms with van der Waals surface area (Å²) >= 11 is 1.80. The summed E-state index contributed by atoms with van der Waals surface area (Å²) in [5.41, 5.74) is 2.14. The third-order valence-electron chi connectivity index (χ3n) is 3.95. The van der Waals surface area contributed by atoms with Crippen LogP contribution in [-0.4, -0.2) is 24.2 Å². The topological polar surface area (TPSA) is 62.5 Å². The second kappa shape index (κ2) is 11.5. The van der Waals surface area contributed by atoms with Gasteiger partial charge in [0.1, 0.15) is 5.76 Å². The van der Waals surface area contributed by atoms with E-state index in [2.05, 4.69) is 61.0 Å². The van der Waals surface area contributed by atoms with E-state index in [1.807, 2.05) is 0 Å². The molecule has 0 saturated carbocycles. The van der Waals surface area contributed by atoms with Gasteiger partial charge in [-0.1, -0.05) is 32.0 Å². The summed E-state index contributed by atoms with van der Waals surface area (Å²) in [5.74, 6) is 2.24. The highest BCUT2D eigenvalue weighted by molar-refractivity contribution is 14.0. The summed E-state index contributed by atoms with van der Waals surface area (Å²) in [4.78, 5) is 6.11. The van der Waals surface area contributed by atoms with Crippen molar-refractivity contribution in [2.45, 2.75) is 53.0 Å². The Balaban J connectivity index is 0.00000312. The zero-order valence-corrected chi connectivity index (χ0v) is 18.6. The minimum atomic E-state index is 0. The van der Waals surface area contributed by atoms with Gasteiger partial charge in [0.2, 0.25) is 0 Å². The van der Waals surface area contributed by atoms with Crippen LogP contribution in [0.15, 0.2) is 27.0 Å². The number of rotatable bonds is 8. The van der Waals surface area contributed by atoms with Crippen LogP contribution in [0.2, 0.25) is 0 Å². The Hall–Kier alpha value is -1.09. The second-order valence-corrected chi connectivity index (χ2v) is 6.71. The standard InChI is InChI=1S/C18H28N4OS.HI/c1-5-15-14(16(6-2)23-22-15)12-21-18(19-7-3)20-11-13(4)17-9-8-10-24-17;/h8-10,13H,5-7,11-12H2,1-4H3,(H2,19,20,21);1H. The molecule has 25 heavy (non-hydrogen) atoms. The van der Waals surface area contributed by atoms with Crippen LogP contribution in [0.4, 0.5) is 0 Å². The van der Waals surface area contributed by atoms with Crippen LogP contribution in [0, 0.1) is 0 Å². The maximum absolute atomic E-state index is 5.42. The zero-order chi connectivity index (χ0) is 17.4. The number of aromatic nitrogens is 1. The molecule has 2 N–H and O–H groups in total. The first kappa shape index (κ1) is 22.0. The maximum atomic E-state index is 5.42. The molecule has 0 bridgehead atoms. The normalized spacial score (nSPS) is 12.6. The third-order valence-corrected chi connectivity index (χ3v) is 5.05. The van der Waals surface area contributed by atoms with E-state index in [-0.39, 0.29) is 24.0 Å². The van der Waals surface area contributed by atoms with Crippen molar-refractivity contribution < 1.29 is 4.52 Å². The molecule has 0 aromatic carbocycles. The summed E-state index contributed by atoms with van der Waals surface area (Å²) in [5, 5.41) is 13.0. The second-order valence-electron chi connectivity index (χ2n) is 5.73. The Morgan fingerprint density at radius 3 is 2.68 bits per heavy atom. The number of thiophene rings is 1. The number of aryl methyl sites for hydroxylation is 2.